The van der Waals surface area contributed by atoms with Crippen molar-refractivity contribution >= 4 is 6.03 Å². The molecular formula is C7H10N3O2. The Kier molecular flexibility index (Phi) is 3.28. The summed E-state index contributed by atoms with van der Waals surface area (Å²) in [5.41, 5.74) is 0. The van der Waals surface area contributed by atoms with Crippen LogP contribution in [-0.2, 0) is 4.74 Å². The van der Waals surface area contributed by atoms with E-state index in [0.29, 0.717) is 13.2 Å². The zero-order valence-electron chi connectivity index (χ0n) is 6.78. The lowest BCUT2D eigenvalue weighted by atomic mass is 10.7. The fourth-order valence-electron chi connectivity index (χ4n) is 0.687. The number of ether oxygens (including phenoxy) is 1. The van der Waals surface area contributed by atoms with Crippen LogP contribution in [0, 0.1) is 6.20 Å². The van der Waals surface area contributed by atoms with Crippen molar-refractivity contribution in [2.45, 2.75) is 0 Å². The molecule has 0 bridgehead atoms. The minimum absolute atomic E-state index is 0.270. The molecule has 1 aromatic heterocycles. The lowest BCUT2D eigenvalue weighted by Gasteiger charge is -2.02. The van der Waals surface area contributed by atoms with Gasteiger partial charge in [-0.05, 0) is 6.07 Å². The van der Waals surface area contributed by atoms with Gasteiger partial charge in [0.15, 0.2) is 0 Å². The maximum atomic E-state index is 11.1. The standard InChI is InChI=1S/C7H10N3O2/c1-12-6-4-8-7(11)10-5-2-3-9-10/h2,5H,4,6H2,1H3,(H,8,11). The molecule has 0 spiro atoms. The Bertz CT molecular complexity index is 233. The Morgan fingerprint density at radius 3 is 3.25 bits per heavy atom. The van der Waals surface area contributed by atoms with Crippen LogP contribution in [0.2, 0.25) is 0 Å². The van der Waals surface area contributed by atoms with Crippen molar-refractivity contribution in [2.75, 3.05) is 20.3 Å². The van der Waals surface area contributed by atoms with Gasteiger partial charge in [0, 0.05) is 19.9 Å². The molecule has 0 aliphatic rings. The minimum Gasteiger partial charge on any atom is -0.383 e. The summed E-state index contributed by atoms with van der Waals surface area (Å²) < 4.78 is 5.93. The Morgan fingerprint density at radius 1 is 1.83 bits per heavy atom. The van der Waals surface area contributed by atoms with Gasteiger partial charge in [0.05, 0.1) is 6.61 Å². The van der Waals surface area contributed by atoms with Gasteiger partial charge >= 0.3 is 6.03 Å². The second-order valence-corrected chi connectivity index (χ2v) is 2.11. The van der Waals surface area contributed by atoms with Crippen LogP contribution in [0.1, 0.15) is 0 Å². The molecule has 0 saturated heterocycles. The van der Waals surface area contributed by atoms with Gasteiger partial charge in [0.25, 0.3) is 0 Å². The highest BCUT2D eigenvalue weighted by Gasteiger charge is 2.01. The van der Waals surface area contributed by atoms with E-state index in [-0.39, 0.29) is 6.03 Å². The van der Waals surface area contributed by atoms with E-state index in [9.17, 15) is 4.79 Å². The molecule has 0 unspecified atom stereocenters. The highest BCUT2D eigenvalue weighted by atomic mass is 16.5. The van der Waals surface area contributed by atoms with Gasteiger partial charge in [0.1, 0.15) is 6.20 Å². The van der Waals surface area contributed by atoms with E-state index in [1.54, 1.807) is 13.2 Å². The lowest BCUT2D eigenvalue weighted by molar-refractivity contribution is 0.195. The third-order valence-corrected chi connectivity index (χ3v) is 1.25. The molecule has 0 fully saturated rings. The highest BCUT2D eigenvalue weighted by molar-refractivity contribution is 5.75. The first-order chi connectivity index (χ1) is 5.84. The molecular weight excluding hydrogens is 158 g/mol. The predicted molar refractivity (Wildman–Crippen MR) is 41.7 cm³/mol. The summed E-state index contributed by atoms with van der Waals surface area (Å²) in [4.78, 5) is 11.1. The van der Waals surface area contributed by atoms with Crippen LogP contribution in [0.3, 0.4) is 0 Å². The van der Waals surface area contributed by atoms with Crippen LogP contribution in [0.15, 0.2) is 12.3 Å². The smallest absolute Gasteiger partial charge is 0.342 e. The van der Waals surface area contributed by atoms with Gasteiger partial charge < -0.3 is 10.1 Å². The summed E-state index contributed by atoms with van der Waals surface area (Å²) in [6, 6.07) is 1.30. The fourth-order valence-corrected chi connectivity index (χ4v) is 0.687. The first-order valence-corrected chi connectivity index (χ1v) is 3.53. The quantitative estimate of drug-likeness (QED) is 0.640. The second kappa shape index (κ2) is 4.50. The average molecular weight is 168 g/mol. The molecule has 5 nitrogen and oxygen atoms in total. The summed E-state index contributed by atoms with van der Waals surface area (Å²) in [5, 5.41) is 6.24. The first kappa shape index (κ1) is 8.73. The molecule has 12 heavy (non-hydrogen) atoms. The van der Waals surface area contributed by atoms with Crippen molar-refractivity contribution < 1.29 is 9.53 Å². The van der Waals surface area contributed by atoms with Crippen molar-refractivity contribution in [3.05, 3.63) is 18.5 Å². The van der Waals surface area contributed by atoms with E-state index in [0.717, 1.165) is 0 Å². The second-order valence-electron chi connectivity index (χ2n) is 2.11. The van der Waals surface area contributed by atoms with Crippen LogP contribution in [0.25, 0.3) is 0 Å². The Balaban J connectivity index is 2.30. The van der Waals surface area contributed by atoms with E-state index in [1.165, 1.54) is 10.9 Å². The van der Waals surface area contributed by atoms with E-state index < -0.39 is 0 Å². The van der Waals surface area contributed by atoms with Gasteiger partial charge in [-0.3, -0.25) is 0 Å². The maximum absolute atomic E-state index is 11.1. The highest BCUT2D eigenvalue weighted by Crippen LogP contribution is 1.81. The van der Waals surface area contributed by atoms with Crippen LogP contribution in [-0.4, -0.2) is 36.1 Å². The molecule has 65 valence electrons. The van der Waals surface area contributed by atoms with Crippen LogP contribution in [0.4, 0.5) is 4.79 Å². The zero-order chi connectivity index (χ0) is 8.81. The third kappa shape index (κ3) is 2.35. The summed E-state index contributed by atoms with van der Waals surface area (Å²) >= 11 is 0. The molecule has 1 aromatic rings. The molecule has 0 aromatic carbocycles. The normalized spacial score (nSPS) is 9.75. The lowest BCUT2D eigenvalue weighted by Crippen LogP contribution is -2.31. The minimum atomic E-state index is -0.270. The Morgan fingerprint density at radius 2 is 2.67 bits per heavy atom. The molecule has 1 N–H and O–H groups in total. The number of aromatic nitrogens is 2. The van der Waals surface area contributed by atoms with Gasteiger partial charge in [-0.2, -0.15) is 9.78 Å². The molecule has 5 heteroatoms. The third-order valence-electron chi connectivity index (χ3n) is 1.25. The number of carbonyl (C=O) groups is 1. The monoisotopic (exact) mass is 168 g/mol. The van der Waals surface area contributed by atoms with Crippen LogP contribution < -0.4 is 5.32 Å². The average Bonchev–Trinajstić information content (AvgIpc) is 2.56. The van der Waals surface area contributed by atoms with Gasteiger partial charge in [0.2, 0.25) is 0 Å². The van der Waals surface area contributed by atoms with E-state index in [1.807, 2.05) is 0 Å². The van der Waals surface area contributed by atoms with Gasteiger partial charge in [-0.1, -0.05) is 0 Å². The number of rotatable bonds is 3. The molecule has 0 atom stereocenters. The first-order valence-electron chi connectivity index (χ1n) is 3.53. The Hall–Kier alpha value is -1.36. The van der Waals surface area contributed by atoms with Crippen LogP contribution in [0.5, 0.6) is 0 Å². The topological polar surface area (TPSA) is 56.1 Å². The fraction of sp³-hybridized carbons (Fsp3) is 0.429. The number of amides is 1. The summed E-state index contributed by atoms with van der Waals surface area (Å²) in [5.74, 6) is 0. The summed E-state index contributed by atoms with van der Waals surface area (Å²) in [7, 11) is 1.58. The largest absolute Gasteiger partial charge is 0.383 e. The van der Waals surface area contributed by atoms with Gasteiger partial charge in [-0.15, -0.1) is 0 Å². The van der Waals surface area contributed by atoms with Crippen molar-refractivity contribution in [3.63, 3.8) is 0 Å². The van der Waals surface area contributed by atoms with E-state index >= 15 is 0 Å². The predicted octanol–water partition coefficient (Wildman–Crippen LogP) is -0.113. The van der Waals surface area contributed by atoms with Crippen molar-refractivity contribution in [1.29, 1.82) is 0 Å². The summed E-state index contributed by atoms with van der Waals surface area (Å²) in [6.45, 7) is 0.978. The number of nitrogens with zero attached hydrogens (tertiary/aromatic N) is 2. The van der Waals surface area contributed by atoms with E-state index in [4.69, 9.17) is 4.74 Å². The van der Waals surface area contributed by atoms with Gasteiger partial charge in [-0.25, -0.2) is 4.79 Å². The number of nitrogens with one attached hydrogen (secondary N) is 1. The number of methoxy groups -OCH3 is 1. The molecule has 0 saturated carbocycles. The number of hydrogen-bond donors (Lipinski definition) is 1. The molecule has 1 amide bonds. The number of hydrogen-bond acceptors (Lipinski definition) is 3. The van der Waals surface area contributed by atoms with E-state index in [2.05, 4.69) is 16.6 Å². The maximum Gasteiger partial charge on any atom is 0.342 e. The molecule has 0 aliphatic carbocycles. The molecule has 1 heterocycles. The van der Waals surface area contributed by atoms with Crippen molar-refractivity contribution in [2.24, 2.45) is 0 Å². The SMILES string of the molecule is COCCNC(=O)n1cc[c]n1. The van der Waals surface area contributed by atoms with Crippen molar-refractivity contribution in [3.8, 4) is 0 Å². The zero-order valence-corrected chi connectivity index (χ0v) is 6.78. The molecule has 0 aliphatic heterocycles. The van der Waals surface area contributed by atoms with Crippen LogP contribution >= 0.6 is 0 Å². The Labute approximate surface area is 70.3 Å². The molecule has 1 rings (SSSR count). The summed E-state index contributed by atoms with van der Waals surface area (Å²) in [6.07, 6.45) is 4.05. The van der Waals surface area contributed by atoms with Crippen molar-refractivity contribution in [1.82, 2.24) is 15.1 Å². The number of carbonyl (C=O) groups excluding carboxylic acids is 1. The molecule has 1 radical (unpaired) electrons.